The zero-order valence-corrected chi connectivity index (χ0v) is 20.9. The number of nitrogens with one attached hydrogen (secondary N) is 1. The number of ether oxygens (including phenoxy) is 2. The molecule has 0 amide bonds. The van der Waals surface area contributed by atoms with Gasteiger partial charge in [0.05, 0.1) is 25.4 Å². The number of halogens is 1. The van der Waals surface area contributed by atoms with Crippen LogP contribution in [-0.2, 0) is 11.3 Å². The van der Waals surface area contributed by atoms with Crippen molar-refractivity contribution in [3.05, 3.63) is 76.1 Å². The molecule has 1 saturated heterocycles. The van der Waals surface area contributed by atoms with E-state index in [4.69, 9.17) is 9.47 Å². The first-order chi connectivity index (χ1) is 18.1. The topological polar surface area (TPSA) is 101 Å². The number of para-hydroxylation sites is 1. The lowest BCUT2D eigenvalue weighted by Crippen LogP contribution is -2.49. The minimum Gasteiger partial charge on any atom is -0.494 e. The van der Waals surface area contributed by atoms with Crippen LogP contribution in [0.5, 0.6) is 5.75 Å². The maximum absolute atomic E-state index is 14.4. The number of hydrogen-bond acceptors (Lipinski definition) is 8. The van der Waals surface area contributed by atoms with Gasteiger partial charge >= 0.3 is 0 Å². The second kappa shape index (κ2) is 11.1. The quantitative estimate of drug-likeness (QED) is 0.369. The van der Waals surface area contributed by atoms with Gasteiger partial charge in [-0.3, -0.25) is 9.69 Å². The summed E-state index contributed by atoms with van der Waals surface area (Å²) in [6.07, 6.45) is 0. The highest BCUT2D eigenvalue weighted by molar-refractivity contribution is 5.80. The first-order valence-corrected chi connectivity index (χ1v) is 12.4. The fraction of sp³-hybridized carbons (Fsp3) is 0.385. The van der Waals surface area contributed by atoms with E-state index in [1.165, 1.54) is 6.07 Å². The molecular weight excluding hydrogens is 477 g/mol. The van der Waals surface area contributed by atoms with Crippen LogP contribution in [0.3, 0.4) is 0 Å². The molecule has 37 heavy (non-hydrogen) atoms. The van der Waals surface area contributed by atoms with Crippen molar-refractivity contribution in [2.24, 2.45) is 0 Å². The first-order valence-electron chi connectivity index (χ1n) is 12.4. The number of methoxy groups -OCH3 is 1. The molecule has 2 aromatic carbocycles. The van der Waals surface area contributed by atoms with Gasteiger partial charge in [0.15, 0.2) is 5.82 Å². The van der Waals surface area contributed by atoms with E-state index in [0.29, 0.717) is 63.0 Å². The summed E-state index contributed by atoms with van der Waals surface area (Å²) >= 11 is 0. The van der Waals surface area contributed by atoms with Crippen LogP contribution in [0.1, 0.15) is 24.4 Å². The lowest BCUT2D eigenvalue weighted by atomic mass is 10.0. The Kier molecular flexibility index (Phi) is 7.42. The standard InChI is InChI=1S/C26H30FN7O3/c1-3-37-19-8-9-22-18(16-19)17-20(26(35)28-22)24(25-29-30-31-34(25)14-15-36-2)33-12-10-32(11-13-33)23-7-5-4-6-21(23)27/h4-9,16-17,24H,3,10-15H2,1-2H3,(H,28,35)/t24-/m0/s1. The van der Waals surface area contributed by atoms with Crippen molar-refractivity contribution in [3.63, 3.8) is 0 Å². The van der Waals surface area contributed by atoms with Crippen LogP contribution >= 0.6 is 0 Å². The molecule has 0 unspecified atom stereocenters. The molecule has 1 aliphatic heterocycles. The number of fused-ring (bicyclic) bond motifs is 1. The molecule has 3 heterocycles. The summed E-state index contributed by atoms with van der Waals surface area (Å²) < 4.78 is 27.0. The number of aromatic nitrogens is 5. The van der Waals surface area contributed by atoms with Crippen molar-refractivity contribution in [2.75, 3.05) is 51.4 Å². The zero-order valence-electron chi connectivity index (χ0n) is 20.9. The number of benzene rings is 2. The third-order valence-corrected chi connectivity index (χ3v) is 6.63. The summed E-state index contributed by atoms with van der Waals surface area (Å²) in [5, 5.41) is 13.3. The number of rotatable bonds is 9. The van der Waals surface area contributed by atoms with E-state index >= 15 is 0 Å². The smallest absolute Gasteiger partial charge is 0.253 e. The fourth-order valence-electron chi connectivity index (χ4n) is 4.83. The molecule has 5 rings (SSSR count). The Labute approximate surface area is 213 Å². The van der Waals surface area contributed by atoms with Crippen LogP contribution in [-0.4, -0.2) is 76.6 Å². The molecule has 11 heteroatoms. The van der Waals surface area contributed by atoms with Crippen LogP contribution in [0, 0.1) is 5.82 Å². The van der Waals surface area contributed by atoms with Gasteiger partial charge in [-0.25, -0.2) is 9.07 Å². The zero-order chi connectivity index (χ0) is 25.8. The molecular formula is C26H30FN7O3. The predicted octanol–water partition coefficient (Wildman–Crippen LogP) is 2.61. The third kappa shape index (κ3) is 5.18. The molecule has 0 bridgehead atoms. The van der Waals surface area contributed by atoms with E-state index in [1.807, 2.05) is 42.2 Å². The second-order valence-electron chi connectivity index (χ2n) is 8.87. The molecule has 1 N–H and O–H groups in total. The SMILES string of the molecule is CCOc1ccc2[nH]c(=O)c([C@@H](c3nnnn3CCOC)N3CCN(c4ccccc4F)CC3)cc2c1. The number of nitrogens with zero attached hydrogens (tertiary/aromatic N) is 6. The summed E-state index contributed by atoms with van der Waals surface area (Å²) in [5.41, 5.74) is 1.63. The van der Waals surface area contributed by atoms with E-state index in [2.05, 4.69) is 25.4 Å². The molecule has 10 nitrogen and oxygen atoms in total. The van der Waals surface area contributed by atoms with E-state index < -0.39 is 6.04 Å². The Morgan fingerprint density at radius 1 is 1.11 bits per heavy atom. The Hall–Kier alpha value is -3.83. The van der Waals surface area contributed by atoms with Gasteiger partial charge in [0.2, 0.25) is 0 Å². The van der Waals surface area contributed by atoms with Crippen LogP contribution in [0.25, 0.3) is 10.9 Å². The summed E-state index contributed by atoms with van der Waals surface area (Å²) in [5.74, 6) is 1.04. The van der Waals surface area contributed by atoms with Gasteiger partial charge in [-0.15, -0.1) is 5.10 Å². The molecule has 1 fully saturated rings. The molecule has 0 radical (unpaired) electrons. The Morgan fingerprint density at radius 3 is 2.68 bits per heavy atom. The number of tetrazole rings is 1. The number of hydrogen-bond donors (Lipinski definition) is 1. The molecule has 0 spiro atoms. The number of H-pyrrole nitrogens is 1. The minimum atomic E-state index is -0.501. The number of piperazine rings is 1. The van der Waals surface area contributed by atoms with E-state index in [0.717, 1.165) is 16.7 Å². The molecule has 0 saturated carbocycles. The van der Waals surface area contributed by atoms with Gasteiger partial charge in [0.1, 0.15) is 17.6 Å². The summed E-state index contributed by atoms with van der Waals surface area (Å²) in [4.78, 5) is 20.6. The second-order valence-corrected chi connectivity index (χ2v) is 8.87. The lowest BCUT2D eigenvalue weighted by Gasteiger charge is -2.39. The lowest BCUT2D eigenvalue weighted by molar-refractivity contribution is 0.171. The van der Waals surface area contributed by atoms with Crippen molar-refractivity contribution in [2.45, 2.75) is 19.5 Å². The maximum Gasteiger partial charge on any atom is 0.253 e. The fourth-order valence-corrected chi connectivity index (χ4v) is 4.83. The molecule has 4 aromatic rings. The largest absolute Gasteiger partial charge is 0.494 e. The van der Waals surface area contributed by atoms with Crippen molar-refractivity contribution >= 4 is 16.6 Å². The van der Waals surface area contributed by atoms with Crippen molar-refractivity contribution in [1.82, 2.24) is 30.1 Å². The monoisotopic (exact) mass is 507 g/mol. The highest BCUT2D eigenvalue weighted by atomic mass is 19.1. The molecule has 1 atom stereocenters. The number of aromatic amines is 1. The van der Waals surface area contributed by atoms with Gasteiger partial charge in [-0.2, -0.15) is 0 Å². The van der Waals surface area contributed by atoms with Gasteiger partial charge in [-0.1, -0.05) is 12.1 Å². The Bertz CT molecular complexity index is 1410. The molecule has 2 aromatic heterocycles. The van der Waals surface area contributed by atoms with Crippen molar-refractivity contribution in [3.8, 4) is 5.75 Å². The van der Waals surface area contributed by atoms with Crippen LogP contribution < -0.4 is 15.2 Å². The average molecular weight is 508 g/mol. The third-order valence-electron chi connectivity index (χ3n) is 6.63. The molecule has 1 aliphatic rings. The van der Waals surface area contributed by atoms with Gasteiger partial charge in [0.25, 0.3) is 5.56 Å². The summed E-state index contributed by atoms with van der Waals surface area (Å²) in [7, 11) is 1.62. The highest BCUT2D eigenvalue weighted by Gasteiger charge is 2.33. The van der Waals surface area contributed by atoms with Gasteiger partial charge < -0.3 is 19.4 Å². The molecule has 0 aliphatic carbocycles. The van der Waals surface area contributed by atoms with Crippen molar-refractivity contribution < 1.29 is 13.9 Å². The van der Waals surface area contributed by atoms with Crippen LogP contribution in [0.2, 0.25) is 0 Å². The predicted molar refractivity (Wildman–Crippen MR) is 137 cm³/mol. The summed E-state index contributed by atoms with van der Waals surface area (Å²) in [6, 6.07) is 13.8. The van der Waals surface area contributed by atoms with Crippen LogP contribution in [0.15, 0.2) is 53.3 Å². The summed E-state index contributed by atoms with van der Waals surface area (Å²) in [6.45, 7) is 5.72. The normalized spacial score (nSPS) is 15.3. The van der Waals surface area contributed by atoms with E-state index in [-0.39, 0.29) is 11.4 Å². The number of anilines is 1. The highest BCUT2D eigenvalue weighted by Crippen LogP contribution is 2.30. The molecule has 194 valence electrons. The average Bonchev–Trinajstić information content (AvgIpc) is 3.37. The Morgan fingerprint density at radius 2 is 1.92 bits per heavy atom. The van der Waals surface area contributed by atoms with E-state index in [9.17, 15) is 9.18 Å². The van der Waals surface area contributed by atoms with Gasteiger partial charge in [-0.05, 0) is 53.7 Å². The van der Waals surface area contributed by atoms with Crippen molar-refractivity contribution in [1.29, 1.82) is 0 Å². The first kappa shape index (κ1) is 24.8. The van der Waals surface area contributed by atoms with Crippen LogP contribution in [0.4, 0.5) is 10.1 Å². The van der Waals surface area contributed by atoms with Gasteiger partial charge in [0, 0.05) is 49.8 Å². The number of pyridine rings is 1. The maximum atomic E-state index is 14.4. The minimum absolute atomic E-state index is 0.209. The van der Waals surface area contributed by atoms with E-state index in [1.54, 1.807) is 23.9 Å². The Balaban J connectivity index is 1.53.